The van der Waals surface area contributed by atoms with Crippen molar-refractivity contribution in [3.63, 3.8) is 0 Å². The van der Waals surface area contributed by atoms with Gasteiger partial charge in [0, 0.05) is 0 Å². The summed E-state index contributed by atoms with van der Waals surface area (Å²) >= 11 is 0. The maximum Gasteiger partial charge on any atom is 0.573 e. The number of aryl methyl sites for hydroxylation is 1. The van der Waals surface area contributed by atoms with E-state index in [1.807, 2.05) is 31.2 Å². The number of alkyl halides is 3. The molecular weight excluding hydrogens is 269 g/mol. The Hall–Kier alpha value is -2.17. The largest absolute Gasteiger partial charge is 0.573 e. The van der Waals surface area contributed by atoms with Gasteiger partial charge in [-0.1, -0.05) is 37.3 Å². The molecule has 0 saturated heterocycles. The molecule has 0 spiro atoms. The number of ether oxygens (including phenoxy) is 1. The molecule has 0 aliphatic heterocycles. The van der Waals surface area contributed by atoms with Gasteiger partial charge in [-0.2, -0.15) is 0 Å². The number of phenolic OH excluding ortho intramolecular Hbond substituents is 1. The second kappa shape index (κ2) is 5.45. The van der Waals surface area contributed by atoms with E-state index in [1.54, 1.807) is 6.07 Å². The molecule has 20 heavy (non-hydrogen) atoms. The van der Waals surface area contributed by atoms with Crippen molar-refractivity contribution in [3.05, 3.63) is 48.0 Å². The van der Waals surface area contributed by atoms with Crippen molar-refractivity contribution in [3.8, 4) is 22.6 Å². The molecule has 0 aromatic heterocycles. The van der Waals surface area contributed by atoms with Gasteiger partial charge in [0.1, 0.15) is 0 Å². The highest BCUT2D eigenvalue weighted by Gasteiger charge is 2.32. The van der Waals surface area contributed by atoms with E-state index in [9.17, 15) is 18.3 Å². The molecule has 5 heteroatoms. The fourth-order valence-corrected chi connectivity index (χ4v) is 1.83. The predicted octanol–water partition coefficient (Wildman–Crippen LogP) is 4.52. The van der Waals surface area contributed by atoms with Crippen molar-refractivity contribution >= 4 is 0 Å². The first kappa shape index (κ1) is 14.2. The molecule has 2 aromatic carbocycles. The third-order valence-electron chi connectivity index (χ3n) is 2.88. The van der Waals surface area contributed by atoms with Crippen molar-refractivity contribution in [1.29, 1.82) is 0 Å². The summed E-state index contributed by atoms with van der Waals surface area (Å²) in [7, 11) is 0. The number of halogens is 3. The normalized spacial score (nSPS) is 11.4. The SMILES string of the molecule is CCc1ccc(-c2ccc(O)c(OC(F)(F)F)c2)cc1. The summed E-state index contributed by atoms with van der Waals surface area (Å²) in [6, 6.07) is 11.4. The van der Waals surface area contributed by atoms with Crippen LogP contribution in [0.25, 0.3) is 11.1 Å². The lowest BCUT2D eigenvalue weighted by molar-refractivity contribution is -0.275. The van der Waals surface area contributed by atoms with Crippen LogP contribution in [0.5, 0.6) is 11.5 Å². The van der Waals surface area contributed by atoms with E-state index in [-0.39, 0.29) is 0 Å². The summed E-state index contributed by atoms with van der Waals surface area (Å²) in [5, 5.41) is 9.40. The Bertz CT molecular complexity index is 589. The van der Waals surface area contributed by atoms with Crippen LogP contribution in [0.15, 0.2) is 42.5 Å². The highest BCUT2D eigenvalue weighted by Crippen LogP contribution is 2.35. The standard InChI is InChI=1S/C15H13F3O2/c1-2-10-3-5-11(6-4-10)12-7-8-13(19)14(9-12)20-15(16,17)18/h3-9,19H,2H2,1H3. The molecule has 0 bridgehead atoms. The lowest BCUT2D eigenvalue weighted by Gasteiger charge is -2.12. The molecular formula is C15H13F3O2. The summed E-state index contributed by atoms with van der Waals surface area (Å²) in [5.41, 5.74) is 2.44. The molecule has 0 radical (unpaired) electrons. The predicted molar refractivity (Wildman–Crippen MR) is 69.6 cm³/mol. The van der Waals surface area contributed by atoms with Crippen LogP contribution in [0, 0.1) is 0 Å². The zero-order valence-corrected chi connectivity index (χ0v) is 10.7. The van der Waals surface area contributed by atoms with Crippen LogP contribution in [0.3, 0.4) is 0 Å². The fraction of sp³-hybridized carbons (Fsp3) is 0.200. The van der Waals surface area contributed by atoms with E-state index in [4.69, 9.17) is 0 Å². The van der Waals surface area contributed by atoms with Crippen LogP contribution in [0.2, 0.25) is 0 Å². The Labute approximate surface area is 114 Å². The Morgan fingerprint density at radius 2 is 1.60 bits per heavy atom. The topological polar surface area (TPSA) is 29.5 Å². The van der Waals surface area contributed by atoms with E-state index in [2.05, 4.69) is 4.74 Å². The van der Waals surface area contributed by atoms with Crippen LogP contribution in [-0.4, -0.2) is 11.5 Å². The summed E-state index contributed by atoms with van der Waals surface area (Å²) in [6.45, 7) is 2.02. The van der Waals surface area contributed by atoms with Crippen LogP contribution >= 0.6 is 0 Å². The minimum Gasteiger partial charge on any atom is -0.504 e. The highest BCUT2D eigenvalue weighted by atomic mass is 19.4. The number of aromatic hydroxyl groups is 1. The van der Waals surface area contributed by atoms with E-state index in [0.29, 0.717) is 5.56 Å². The molecule has 1 N–H and O–H groups in total. The van der Waals surface area contributed by atoms with Gasteiger partial charge < -0.3 is 9.84 Å². The average molecular weight is 282 g/mol. The van der Waals surface area contributed by atoms with Gasteiger partial charge in [-0.3, -0.25) is 0 Å². The second-order valence-electron chi connectivity index (χ2n) is 4.28. The Morgan fingerprint density at radius 1 is 1.00 bits per heavy atom. The molecule has 0 heterocycles. The summed E-state index contributed by atoms with van der Waals surface area (Å²) in [6.07, 6.45) is -3.94. The number of hydrogen-bond donors (Lipinski definition) is 1. The van der Waals surface area contributed by atoms with Gasteiger partial charge >= 0.3 is 6.36 Å². The number of phenols is 1. The van der Waals surface area contributed by atoms with Gasteiger partial charge in [-0.15, -0.1) is 13.2 Å². The third-order valence-corrected chi connectivity index (χ3v) is 2.88. The highest BCUT2D eigenvalue weighted by molar-refractivity contribution is 5.67. The average Bonchev–Trinajstić information content (AvgIpc) is 2.40. The maximum absolute atomic E-state index is 12.2. The molecule has 2 nitrogen and oxygen atoms in total. The molecule has 0 aliphatic carbocycles. The molecule has 2 aromatic rings. The van der Waals surface area contributed by atoms with Gasteiger partial charge in [0.2, 0.25) is 0 Å². The first-order valence-corrected chi connectivity index (χ1v) is 6.07. The Balaban J connectivity index is 2.34. The summed E-state index contributed by atoms with van der Waals surface area (Å²) in [4.78, 5) is 0. The van der Waals surface area contributed by atoms with Crippen molar-refractivity contribution < 1.29 is 23.0 Å². The molecule has 0 unspecified atom stereocenters. The minimum absolute atomic E-state index is 0.545. The molecule has 0 saturated carbocycles. The molecule has 106 valence electrons. The van der Waals surface area contributed by atoms with Crippen LogP contribution < -0.4 is 4.74 Å². The van der Waals surface area contributed by atoms with E-state index in [0.717, 1.165) is 17.5 Å². The van der Waals surface area contributed by atoms with E-state index in [1.165, 1.54) is 12.1 Å². The van der Waals surface area contributed by atoms with Crippen molar-refractivity contribution in [2.75, 3.05) is 0 Å². The minimum atomic E-state index is -4.83. The van der Waals surface area contributed by atoms with Crippen LogP contribution in [0.1, 0.15) is 12.5 Å². The Kier molecular flexibility index (Phi) is 3.88. The second-order valence-corrected chi connectivity index (χ2v) is 4.28. The zero-order chi connectivity index (χ0) is 14.8. The molecule has 2 rings (SSSR count). The molecule has 0 aliphatic rings. The molecule has 0 atom stereocenters. The van der Waals surface area contributed by atoms with E-state index >= 15 is 0 Å². The van der Waals surface area contributed by atoms with Gasteiger partial charge in [0.15, 0.2) is 11.5 Å². The monoisotopic (exact) mass is 282 g/mol. The summed E-state index contributed by atoms with van der Waals surface area (Å²) < 4.78 is 40.5. The van der Waals surface area contributed by atoms with E-state index < -0.39 is 17.9 Å². The van der Waals surface area contributed by atoms with Gasteiger partial charge in [-0.25, -0.2) is 0 Å². The maximum atomic E-state index is 12.2. The van der Waals surface area contributed by atoms with Crippen molar-refractivity contribution in [2.24, 2.45) is 0 Å². The van der Waals surface area contributed by atoms with Crippen molar-refractivity contribution in [1.82, 2.24) is 0 Å². The van der Waals surface area contributed by atoms with Crippen LogP contribution in [-0.2, 0) is 6.42 Å². The first-order valence-electron chi connectivity index (χ1n) is 6.07. The van der Waals surface area contributed by atoms with Gasteiger partial charge in [-0.05, 0) is 35.2 Å². The van der Waals surface area contributed by atoms with Gasteiger partial charge in [0.05, 0.1) is 0 Å². The lowest BCUT2D eigenvalue weighted by atomic mass is 10.0. The Morgan fingerprint density at radius 3 is 2.15 bits per heavy atom. The number of hydrogen-bond acceptors (Lipinski definition) is 2. The third kappa shape index (κ3) is 3.44. The molecule has 0 fully saturated rings. The first-order chi connectivity index (χ1) is 9.39. The summed E-state index contributed by atoms with van der Waals surface area (Å²) in [5.74, 6) is -1.15. The quantitative estimate of drug-likeness (QED) is 0.896. The van der Waals surface area contributed by atoms with Gasteiger partial charge in [0.25, 0.3) is 0 Å². The number of benzene rings is 2. The smallest absolute Gasteiger partial charge is 0.504 e. The van der Waals surface area contributed by atoms with Crippen molar-refractivity contribution in [2.45, 2.75) is 19.7 Å². The number of rotatable bonds is 3. The van der Waals surface area contributed by atoms with Crippen LogP contribution in [0.4, 0.5) is 13.2 Å². The fourth-order valence-electron chi connectivity index (χ4n) is 1.83. The lowest BCUT2D eigenvalue weighted by Crippen LogP contribution is -2.17. The molecule has 0 amide bonds. The zero-order valence-electron chi connectivity index (χ0n) is 10.7.